The smallest absolute Gasteiger partial charge is 0.201 e. The molecule has 1 aromatic carbocycles. The molecule has 0 atom stereocenters. The molecule has 0 spiro atoms. The van der Waals surface area contributed by atoms with Crippen LogP contribution in [0.1, 0.15) is 22.8 Å². The first-order valence-corrected chi connectivity index (χ1v) is 8.98. The lowest BCUT2D eigenvalue weighted by Gasteiger charge is -2.09. The zero-order valence-corrected chi connectivity index (χ0v) is 15.8. The zero-order chi connectivity index (χ0) is 21.3. The monoisotopic (exact) mass is 407 g/mol. The number of aromatic nitrogens is 3. The van der Waals surface area contributed by atoms with E-state index in [0.29, 0.717) is 16.6 Å². The molecule has 0 saturated carbocycles. The molecule has 0 aliphatic rings. The molecule has 150 valence electrons. The summed E-state index contributed by atoms with van der Waals surface area (Å²) in [6.07, 6.45) is 6.25. The molecule has 0 radical (unpaired) electrons. The van der Waals surface area contributed by atoms with Gasteiger partial charge < -0.3 is 9.72 Å². The van der Waals surface area contributed by atoms with Crippen molar-refractivity contribution in [2.24, 2.45) is 0 Å². The fourth-order valence-corrected chi connectivity index (χ4v) is 3.05. The summed E-state index contributed by atoms with van der Waals surface area (Å²) in [6.45, 7) is 0.883. The van der Waals surface area contributed by atoms with Crippen molar-refractivity contribution in [2.45, 2.75) is 6.92 Å². The summed E-state index contributed by atoms with van der Waals surface area (Å²) in [5, 5.41) is 0.412. The van der Waals surface area contributed by atoms with Crippen LogP contribution in [0.2, 0.25) is 0 Å². The molecule has 3 aromatic heterocycles. The minimum Gasteiger partial charge on any atom is -0.483 e. The first kappa shape index (κ1) is 19.4. The lowest BCUT2D eigenvalue weighted by molar-refractivity contribution is -0.118. The third-order valence-electron chi connectivity index (χ3n) is 4.48. The van der Waals surface area contributed by atoms with Crippen LogP contribution in [0.4, 0.5) is 8.78 Å². The number of hydrogen-bond donors (Lipinski definition) is 1. The summed E-state index contributed by atoms with van der Waals surface area (Å²) < 4.78 is 34.3. The first-order chi connectivity index (χ1) is 14.5. The molecule has 4 aromatic rings. The lowest BCUT2D eigenvalue weighted by atomic mass is 10.0. The SMILES string of the molecule is CC(=O)COc1ccc(F)c(C(=O)c2c[nH]c3ncc(-c4cccnc4)cc23)c1F. The normalized spacial score (nSPS) is 10.9. The van der Waals surface area contributed by atoms with E-state index < -0.39 is 23.0 Å². The van der Waals surface area contributed by atoms with Crippen LogP contribution < -0.4 is 4.74 Å². The largest absolute Gasteiger partial charge is 0.483 e. The second kappa shape index (κ2) is 7.82. The van der Waals surface area contributed by atoms with Gasteiger partial charge in [-0.05, 0) is 31.2 Å². The van der Waals surface area contributed by atoms with Crippen molar-refractivity contribution in [3.8, 4) is 16.9 Å². The Morgan fingerprint density at radius 3 is 2.70 bits per heavy atom. The number of halogens is 2. The number of aromatic amines is 1. The molecule has 30 heavy (non-hydrogen) atoms. The van der Waals surface area contributed by atoms with Crippen molar-refractivity contribution in [3.05, 3.63) is 77.9 Å². The van der Waals surface area contributed by atoms with E-state index in [0.717, 1.165) is 17.7 Å². The van der Waals surface area contributed by atoms with Crippen LogP contribution in [0.15, 0.2) is 55.1 Å². The lowest BCUT2D eigenvalue weighted by Crippen LogP contribution is -2.12. The van der Waals surface area contributed by atoms with Crippen LogP contribution in [0, 0.1) is 11.6 Å². The van der Waals surface area contributed by atoms with Gasteiger partial charge in [-0.15, -0.1) is 0 Å². The molecular weight excluding hydrogens is 392 g/mol. The summed E-state index contributed by atoms with van der Waals surface area (Å²) in [5.74, 6) is -3.76. The highest BCUT2D eigenvalue weighted by molar-refractivity contribution is 6.16. The van der Waals surface area contributed by atoms with Gasteiger partial charge in [-0.25, -0.2) is 13.8 Å². The van der Waals surface area contributed by atoms with Gasteiger partial charge in [-0.3, -0.25) is 14.6 Å². The third-order valence-corrected chi connectivity index (χ3v) is 4.48. The molecule has 3 heterocycles. The summed E-state index contributed by atoms with van der Waals surface area (Å²) in [7, 11) is 0. The summed E-state index contributed by atoms with van der Waals surface area (Å²) in [5.41, 5.74) is 1.18. The topological polar surface area (TPSA) is 84.9 Å². The van der Waals surface area contributed by atoms with Crippen LogP contribution in [-0.2, 0) is 4.79 Å². The molecule has 0 fully saturated rings. The molecule has 0 saturated heterocycles. The van der Waals surface area contributed by atoms with E-state index in [9.17, 15) is 18.4 Å². The van der Waals surface area contributed by atoms with Crippen molar-refractivity contribution < 1.29 is 23.1 Å². The van der Waals surface area contributed by atoms with Crippen molar-refractivity contribution in [1.29, 1.82) is 0 Å². The van der Waals surface area contributed by atoms with E-state index >= 15 is 0 Å². The molecule has 0 bridgehead atoms. The minimum atomic E-state index is -1.16. The van der Waals surface area contributed by atoms with E-state index in [4.69, 9.17) is 4.74 Å². The number of carbonyl (C=O) groups excluding carboxylic acids is 2. The van der Waals surface area contributed by atoms with Gasteiger partial charge in [0, 0.05) is 46.9 Å². The summed E-state index contributed by atoms with van der Waals surface area (Å²) in [4.78, 5) is 35.3. The minimum absolute atomic E-state index is 0.0600. The van der Waals surface area contributed by atoms with Gasteiger partial charge in [0.05, 0.1) is 5.56 Å². The number of Topliss-reactive ketones (excluding diaryl/α,β-unsaturated/α-hetero) is 1. The number of benzene rings is 1. The number of ether oxygens (including phenoxy) is 1. The van der Waals surface area contributed by atoms with Gasteiger partial charge in [0.1, 0.15) is 18.1 Å². The predicted octanol–water partition coefficient (Wildman–Crippen LogP) is 4.10. The molecular formula is C22H15F2N3O3. The average molecular weight is 407 g/mol. The summed E-state index contributed by atoms with van der Waals surface area (Å²) >= 11 is 0. The van der Waals surface area contributed by atoms with E-state index in [1.54, 1.807) is 30.7 Å². The van der Waals surface area contributed by atoms with Crippen LogP contribution in [0.5, 0.6) is 5.75 Å². The number of nitrogens with zero attached hydrogens (tertiary/aromatic N) is 2. The number of ketones is 2. The molecule has 8 heteroatoms. The first-order valence-electron chi connectivity index (χ1n) is 8.98. The average Bonchev–Trinajstić information content (AvgIpc) is 3.17. The molecule has 0 unspecified atom stereocenters. The van der Waals surface area contributed by atoms with Gasteiger partial charge in [-0.1, -0.05) is 6.07 Å². The number of pyridine rings is 2. The maximum atomic E-state index is 14.8. The Balaban J connectivity index is 1.78. The Hall–Kier alpha value is -3.94. The highest BCUT2D eigenvalue weighted by Gasteiger charge is 2.25. The molecule has 1 N–H and O–H groups in total. The Morgan fingerprint density at radius 1 is 1.13 bits per heavy atom. The van der Waals surface area contributed by atoms with Crippen molar-refractivity contribution >= 4 is 22.6 Å². The van der Waals surface area contributed by atoms with E-state index in [-0.39, 0.29) is 23.7 Å². The van der Waals surface area contributed by atoms with Crippen LogP contribution in [-0.4, -0.2) is 33.1 Å². The van der Waals surface area contributed by atoms with Crippen LogP contribution >= 0.6 is 0 Å². The van der Waals surface area contributed by atoms with Crippen molar-refractivity contribution in [2.75, 3.05) is 6.61 Å². The fraction of sp³-hybridized carbons (Fsp3) is 0.0909. The van der Waals surface area contributed by atoms with Crippen molar-refractivity contribution in [1.82, 2.24) is 15.0 Å². The quantitative estimate of drug-likeness (QED) is 0.487. The number of nitrogens with one attached hydrogen (secondary N) is 1. The fourth-order valence-electron chi connectivity index (χ4n) is 3.05. The molecule has 6 nitrogen and oxygen atoms in total. The molecule has 0 amide bonds. The molecule has 0 aliphatic carbocycles. The zero-order valence-electron chi connectivity index (χ0n) is 15.8. The van der Waals surface area contributed by atoms with Crippen LogP contribution in [0.3, 0.4) is 0 Å². The van der Waals surface area contributed by atoms with Gasteiger partial charge in [0.2, 0.25) is 5.78 Å². The highest BCUT2D eigenvalue weighted by atomic mass is 19.1. The summed E-state index contributed by atoms with van der Waals surface area (Å²) in [6, 6.07) is 7.27. The van der Waals surface area contributed by atoms with E-state index in [1.165, 1.54) is 13.1 Å². The Kier molecular flexibility index (Phi) is 5.05. The number of hydrogen-bond acceptors (Lipinski definition) is 5. The Labute approximate surface area is 169 Å². The Morgan fingerprint density at radius 2 is 1.97 bits per heavy atom. The maximum Gasteiger partial charge on any atom is 0.201 e. The van der Waals surface area contributed by atoms with Crippen LogP contribution in [0.25, 0.3) is 22.2 Å². The molecule has 0 aliphatic heterocycles. The van der Waals surface area contributed by atoms with Crippen molar-refractivity contribution in [3.63, 3.8) is 0 Å². The maximum absolute atomic E-state index is 14.8. The van der Waals surface area contributed by atoms with Gasteiger partial charge in [0.15, 0.2) is 17.3 Å². The second-order valence-corrected chi connectivity index (χ2v) is 6.62. The Bertz CT molecular complexity index is 1270. The van der Waals surface area contributed by atoms with Gasteiger partial charge in [-0.2, -0.15) is 0 Å². The molecule has 4 rings (SSSR count). The third kappa shape index (κ3) is 3.55. The second-order valence-electron chi connectivity index (χ2n) is 6.62. The number of rotatable bonds is 6. The van der Waals surface area contributed by atoms with Gasteiger partial charge >= 0.3 is 0 Å². The number of fused-ring (bicyclic) bond motifs is 1. The number of carbonyl (C=O) groups is 2. The standard InChI is InChI=1S/C22H15F2N3O3/c1-12(28)11-30-18-5-4-17(23)19(20(18)24)21(29)16-10-27-22-15(16)7-14(9-26-22)13-3-2-6-25-8-13/h2-10H,11H2,1H3,(H,26,27). The predicted molar refractivity (Wildman–Crippen MR) is 105 cm³/mol. The van der Waals surface area contributed by atoms with Gasteiger partial charge in [0.25, 0.3) is 0 Å². The van der Waals surface area contributed by atoms with E-state index in [1.807, 2.05) is 6.07 Å². The highest BCUT2D eigenvalue weighted by Crippen LogP contribution is 2.29. The number of H-pyrrole nitrogens is 1. The van der Waals surface area contributed by atoms with E-state index in [2.05, 4.69) is 15.0 Å².